The third-order valence-electron chi connectivity index (χ3n) is 4.80. The Morgan fingerprint density at radius 3 is 2.29 bits per heavy atom. The zero-order valence-corrected chi connectivity index (χ0v) is 14.4. The first-order valence-electron chi connectivity index (χ1n) is 8.20. The molecular weight excluding hydrogens is 258 g/mol. The summed E-state index contributed by atoms with van der Waals surface area (Å²) in [6.45, 7) is 16.0. The molecule has 1 unspecified atom stereocenters. The van der Waals surface area contributed by atoms with Gasteiger partial charge in [-0.2, -0.15) is 0 Å². The molecule has 21 heavy (non-hydrogen) atoms. The summed E-state index contributed by atoms with van der Waals surface area (Å²) in [7, 11) is 2.26. The first kappa shape index (κ1) is 16.5. The fraction of sp³-hybridized carbons (Fsp3) is 0.667. The van der Waals surface area contributed by atoms with Crippen molar-refractivity contribution >= 4 is 0 Å². The number of benzene rings is 1. The average molecular weight is 289 g/mol. The summed E-state index contributed by atoms with van der Waals surface area (Å²) in [5, 5.41) is 3.42. The summed E-state index contributed by atoms with van der Waals surface area (Å²) in [6.07, 6.45) is 0. The van der Waals surface area contributed by atoms with E-state index < -0.39 is 0 Å². The minimum atomic E-state index is 0.480. The maximum atomic E-state index is 3.42. The highest BCUT2D eigenvalue weighted by Gasteiger charge is 2.17. The second kappa shape index (κ2) is 7.39. The number of nitrogens with zero attached hydrogens (tertiary/aromatic N) is 2. The van der Waals surface area contributed by atoms with Gasteiger partial charge in [0.2, 0.25) is 0 Å². The van der Waals surface area contributed by atoms with Gasteiger partial charge in [0.1, 0.15) is 0 Å². The molecule has 1 atom stereocenters. The van der Waals surface area contributed by atoms with Gasteiger partial charge in [-0.3, -0.25) is 9.80 Å². The van der Waals surface area contributed by atoms with E-state index in [1.807, 2.05) is 0 Å². The van der Waals surface area contributed by atoms with Crippen LogP contribution in [0.1, 0.15) is 35.2 Å². The summed E-state index contributed by atoms with van der Waals surface area (Å²) >= 11 is 0. The van der Waals surface area contributed by atoms with E-state index in [1.54, 1.807) is 0 Å². The van der Waals surface area contributed by atoms with Crippen molar-refractivity contribution in [3.8, 4) is 0 Å². The number of hydrogen-bond acceptors (Lipinski definition) is 3. The average Bonchev–Trinajstić information content (AvgIpc) is 2.44. The SMILES string of the molecule is Cc1cc(C)c(C(C)N(C)CCN2CCNCC2)c(C)c1. The van der Waals surface area contributed by atoms with Crippen LogP contribution in [0.2, 0.25) is 0 Å². The molecular formula is C18H31N3. The van der Waals surface area contributed by atoms with Crippen LogP contribution in [0.4, 0.5) is 0 Å². The van der Waals surface area contributed by atoms with Crippen LogP contribution in [0.5, 0.6) is 0 Å². The van der Waals surface area contributed by atoms with Crippen LogP contribution in [0.3, 0.4) is 0 Å². The Kier molecular flexibility index (Phi) is 5.80. The third kappa shape index (κ3) is 4.29. The van der Waals surface area contributed by atoms with E-state index in [0.29, 0.717) is 6.04 Å². The molecule has 1 fully saturated rings. The van der Waals surface area contributed by atoms with E-state index in [2.05, 4.69) is 62.0 Å². The van der Waals surface area contributed by atoms with Gasteiger partial charge in [-0.05, 0) is 51.4 Å². The maximum absolute atomic E-state index is 3.42. The van der Waals surface area contributed by atoms with Gasteiger partial charge < -0.3 is 5.32 Å². The lowest BCUT2D eigenvalue weighted by atomic mass is 9.94. The van der Waals surface area contributed by atoms with E-state index in [9.17, 15) is 0 Å². The number of rotatable bonds is 5. The van der Waals surface area contributed by atoms with Gasteiger partial charge in [0, 0.05) is 45.3 Å². The van der Waals surface area contributed by atoms with Crippen LogP contribution in [0, 0.1) is 20.8 Å². The quantitative estimate of drug-likeness (QED) is 0.898. The monoisotopic (exact) mass is 289 g/mol. The summed E-state index contributed by atoms with van der Waals surface area (Å²) < 4.78 is 0. The van der Waals surface area contributed by atoms with Gasteiger partial charge >= 0.3 is 0 Å². The van der Waals surface area contributed by atoms with Crippen LogP contribution in [-0.4, -0.2) is 56.1 Å². The molecule has 1 aliphatic heterocycles. The van der Waals surface area contributed by atoms with Gasteiger partial charge in [0.15, 0.2) is 0 Å². The zero-order chi connectivity index (χ0) is 15.4. The Morgan fingerprint density at radius 2 is 1.71 bits per heavy atom. The smallest absolute Gasteiger partial charge is 0.0322 e. The highest BCUT2D eigenvalue weighted by molar-refractivity contribution is 5.39. The van der Waals surface area contributed by atoms with E-state index >= 15 is 0 Å². The molecule has 1 aromatic rings. The Morgan fingerprint density at radius 1 is 1.14 bits per heavy atom. The predicted octanol–water partition coefficient (Wildman–Crippen LogP) is 2.51. The molecule has 0 radical (unpaired) electrons. The molecule has 1 aliphatic rings. The number of hydrogen-bond donors (Lipinski definition) is 1. The summed E-state index contributed by atoms with van der Waals surface area (Å²) in [6, 6.07) is 5.10. The van der Waals surface area contributed by atoms with Crippen LogP contribution >= 0.6 is 0 Å². The molecule has 1 N–H and O–H groups in total. The van der Waals surface area contributed by atoms with Crippen molar-refractivity contribution < 1.29 is 0 Å². The van der Waals surface area contributed by atoms with E-state index in [1.165, 1.54) is 41.9 Å². The van der Waals surface area contributed by atoms with Gasteiger partial charge in [-0.1, -0.05) is 17.7 Å². The van der Waals surface area contributed by atoms with E-state index in [0.717, 1.165) is 19.6 Å². The topological polar surface area (TPSA) is 18.5 Å². The molecule has 0 aromatic heterocycles. The van der Waals surface area contributed by atoms with Crippen LogP contribution in [0.15, 0.2) is 12.1 Å². The number of nitrogens with one attached hydrogen (secondary N) is 1. The molecule has 0 amide bonds. The third-order valence-corrected chi connectivity index (χ3v) is 4.80. The van der Waals surface area contributed by atoms with Crippen molar-refractivity contribution in [2.24, 2.45) is 0 Å². The lowest BCUT2D eigenvalue weighted by Gasteiger charge is -2.32. The van der Waals surface area contributed by atoms with Crippen LogP contribution in [0.25, 0.3) is 0 Å². The Labute approximate surface area is 130 Å². The Bertz CT molecular complexity index is 441. The largest absolute Gasteiger partial charge is 0.314 e. The highest BCUT2D eigenvalue weighted by Crippen LogP contribution is 2.26. The molecule has 0 aliphatic carbocycles. The highest BCUT2D eigenvalue weighted by atomic mass is 15.2. The normalized spacial score (nSPS) is 18.2. The van der Waals surface area contributed by atoms with Crippen molar-refractivity contribution in [1.29, 1.82) is 0 Å². The minimum absolute atomic E-state index is 0.480. The molecule has 0 spiro atoms. The molecule has 2 rings (SSSR count). The zero-order valence-electron chi connectivity index (χ0n) is 14.4. The molecule has 1 saturated heterocycles. The van der Waals surface area contributed by atoms with Crippen molar-refractivity contribution in [2.75, 3.05) is 46.3 Å². The van der Waals surface area contributed by atoms with Crippen LogP contribution < -0.4 is 5.32 Å². The van der Waals surface area contributed by atoms with Crippen molar-refractivity contribution in [3.05, 3.63) is 34.4 Å². The summed E-state index contributed by atoms with van der Waals surface area (Å²) in [5.74, 6) is 0. The summed E-state index contributed by atoms with van der Waals surface area (Å²) in [4.78, 5) is 5.06. The standard InChI is InChI=1S/C18H31N3/c1-14-12-15(2)18(16(3)13-14)17(4)20(5)10-11-21-8-6-19-7-9-21/h12-13,17,19H,6-11H2,1-5H3. The van der Waals surface area contributed by atoms with Crippen molar-refractivity contribution in [2.45, 2.75) is 33.7 Å². The summed E-state index contributed by atoms with van der Waals surface area (Å²) in [5.41, 5.74) is 5.72. The minimum Gasteiger partial charge on any atom is -0.314 e. The maximum Gasteiger partial charge on any atom is 0.0322 e. The molecule has 0 bridgehead atoms. The van der Waals surface area contributed by atoms with E-state index in [4.69, 9.17) is 0 Å². The first-order chi connectivity index (χ1) is 9.99. The van der Waals surface area contributed by atoms with Gasteiger partial charge in [-0.25, -0.2) is 0 Å². The Hall–Kier alpha value is -0.900. The molecule has 0 saturated carbocycles. The first-order valence-corrected chi connectivity index (χ1v) is 8.20. The molecule has 1 heterocycles. The lowest BCUT2D eigenvalue weighted by molar-refractivity contribution is 0.182. The van der Waals surface area contributed by atoms with Gasteiger partial charge in [0.05, 0.1) is 0 Å². The van der Waals surface area contributed by atoms with Crippen molar-refractivity contribution in [1.82, 2.24) is 15.1 Å². The lowest BCUT2D eigenvalue weighted by Crippen LogP contribution is -2.46. The fourth-order valence-electron chi connectivity index (χ4n) is 3.50. The number of aryl methyl sites for hydroxylation is 3. The van der Waals surface area contributed by atoms with Crippen molar-refractivity contribution in [3.63, 3.8) is 0 Å². The number of likely N-dealkylation sites (N-methyl/N-ethyl adjacent to an activating group) is 1. The fourth-order valence-corrected chi connectivity index (χ4v) is 3.50. The second-order valence-electron chi connectivity index (χ2n) is 6.56. The predicted molar refractivity (Wildman–Crippen MR) is 91.0 cm³/mol. The van der Waals surface area contributed by atoms with Gasteiger partial charge in [0.25, 0.3) is 0 Å². The number of piperazine rings is 1. The molecule has 118 valence electrons. The van der Waals surface area contributed by atoms with Crippen LogP contribution in [-0.2, 0) is 0 Å². The Balaban J connectivity index is 1.97. The molecule has 1 aromatic carbocycles. The van der Waals surface area contributed by atoms with E-state index in [-0.39, 0.29) is 0 Å². The molecule has 3 nitrogen and oxygen atoms in total. The molecule has 3 heteroatoms. The van der Waals surface area contributed by atoms with Gasteiger partial charge in [-0.15, -0.1) is 0 Å². The second-order valence-corrected chi connectivity index (χ2v) is 6.56.